The van der Waals surface area contributed by atoms with Crippen molar-refractivity contribution in [3.63, 3.8) is 0 Å². The van der Waals surface area contributed by atoms with Gasteiger partial charge in [-0.2, -0.15) is 5.26 Å². The Labute approximate surface area is 209 Å². The van der Waals surface area contributed by atoms with E-state index in [2.05, 4.69) is 15.5 Å². The van der Waals surface area contributed by atoms with Crippen molar-refractivity contribution in [1.82, 2.24) is 10.2 Å². The summed E-state index contributed by atoms with van der Waals surface area (Å²) < 4.78 is 17.4. The van der Waals surface area contributed by atoms with E-state index in [1.165, 1.54) is 17.4 Å². The number of nitrogens with one attached hydrogen (secondary N) is 1. The molecule has 1 heterocycles. The minimum absolute atomic E-state index is 0.0590. The van der Waals surface area contributed by atoms with Gasteiger partial charge in [0.25, 0.3) is 5.91 Å². The van der Waals surface area contributed by atoms with Crippen LogP contribution in [0.5, 0.6) is 17.2 Å². The molecular weight excluding hydrogens is 464 g/mol. The van der Waals surface area contributed by atoms with Crippen molar-refractivity contribution in [3.8, 4) is 23.3 Å². The zero-order valence-corrected chi connectivity index (χ0v) is 21.1. The number of nitrogens with zero attached hydrogens (tertiary/aromatic N) is 3. The fraction of sp³-hybridized carbons (Fsp3) is 0.308. The first-order chi connectivity index (χ1) is 16.9. The van der Waals surface area contributed by atoms with Crippen LogP contribution < -0.4 is 19.5 Å². The molecular formula is C26H28N4O4S. The lowest BCUT2D eigenvalue weighted by Crippen LogP contribution is -2.13. The van der Waals surface area contributed by atoms with E-state index in [0.29, 0.717) is 42.0 Å². The first-order valence-corrected chi connectivity index (χ1v) is 12.1. The van der Waals surface area contributed by atoms with Crippen LogP contribution in [0.4, 0.5) is 5.13 Å². The third kappa shape index (κ3) is 7.29. The van der Waals surface area contributed by atoms with Crippen LogP contribution in [0.25, 0.3) is 6.08 Å². The summed E-state index contributed by atoms with van der Waals surface area (Å²) >= 11 is 1.28. The van der Waals surface area contributed by atoms with E-state index in [4.69, 9.17) is 14.2 Å². The van der Waals surface area contributed by atoms with E-state index in [9.17, 15) is 10.1 Å². The average molecular weight is 493 g/mol. The van der Waals surface area contributed by atoms with Gasteiger partial charge in [-0.3, -0.25) is 10.1 Å². The molecule has 0 saturated carbocycles. The van der Waals surface area contributed by atoms with Crippen LogP contribution >= 0.6 is 11.3 Å². The normalized spacial score (nSPS) is 11.0. The molecule has 0 bridgehead atoms. The molecule has 0 radical (unpaired) electrons. The molecule has 0 aliphatic rings. The zero-order chi connectivity index (χ0) is 25.2. The van der Waals surface area contributed by atoms with Gasteiger partial charge in [0.05, 0.1) is 6.61 Å². The third-order valence-corrected chi connectivity index (χ3v) is 5.86. The minimum atomic E-state index is -0.548. The van der Waals surface area contributed by atoms with Crippen molar-refractivity contribution in [2.75, 3.05) is 25.1 Å². The van der Waals surface area contributed by atoms with Crippen LogP contribution in [0.2, 0.25) is 0 Å². The molecule has 9 heteroatoms. The van der Waals surface area contributed by atoms with E-state index in [-0.39, 0.29) is 5.57 Å². The van der Waals surface area contributed by atoms with Gasteiger partial charge < -0.3 is 14.2 Å². The average Bonchev–Trinajstić information content (AvgIpc) is 3.31. The monoisotopic (exact) mass is 492 g/mol. The van der Waals surface area contributed by atoms with E-state index in [1.54, 1.807) is 18.2 Å². The molecule has 0 aliphatic carbocycles. The lowest BCUT2D eigenvalue weighted by molar-refractivity contribution is -0.112. The number of carbonyl (C=O) groups excluding carboxylic acids is 1. The SMILES string of the molecule is CCOc1cc(/C=C(/C#N)C(=O)Nc2nnc(CC)s2)ccc1OCCOc1cc(C)ccc1C. The molecule has 1 amide bonds. The Bertz CT molecular complexity index is 1250. The van der Waals surface area contributed by atoms with Gasteiger partial charge >= 0.3 is 0 Å². The first kappa shape index (κ1) is 25.7. The van der Waals surface area contributed by atoms with E-state index in [0.717, 1.165) is 28.3 Å². The summed E-state index contributed by atoms with van der Waals surface area (Å²) in [6.45, 7) is 8.99. The van der Waals surface area contributed by atoms with Gasteiger partial charge in [0, 0.05) is 0 Å². The van der Waals surface area contributed by atoms with Crippen LogP contribution in [0.1, 0.15) is 35.5 Å². The molecule has 2 aromatic carbocycles. The molecule has 1 N–H and O–H groups in total. The van der Waals surface area contributed by atoms with Crippen molar-refractivity contribution >= 4 is 28.5 Å². The Morgan fingerprint density at radius 1 is 1.03 bits per heavy atom. The second-order valence-corrected chi connectivity index (χ2v) is 8.65. The third-order valence-electron chi connectivity index (χ3n) is 4.88. The van der Waals surface area contributed by atoms with Gasteiger partial charge in [0.1, 0.15) is 35.6 Å². The topological polar surface area (TPSA) is 106 Å². The lowest BCUT2D eigenvalue weighted by Gasteiger charge is -2.14. The Kier molecular flexibility index (Phi) is 9.21. The molecule has 1 aromatic heterocycles. The molecule has 3 aromatic rings. The number of benzene rings is 2. The van der Waals surface area contributed by atoms with Crippen LogP contribution in [-0.2, 0) is 11.2 Å². The van der Waals surface area contributed by atoms with Gasteiger partial charge in [-0.25, -0.2) is 0 Å². The molecule has 8 nitrogen and oxygen atoms in total. The van der Waals surface area contributed by atoms with E-state index < -0.39 is 5.91 Å². The molecule has 0 aliphatic heterocycles. The number of aromatic nitrogens is 2. The van der Waals surface area contributed by atoms with Crippen LogP contribution in [-0.4, -0.2) is 35.9 Å². The number of rotatable bonds is 11. The maximum Gasteiger partial charge on any atom is 0.268 e. The summed E-state index contributed by atoms with van der Waals surface area (Å²) in [6.07, 6.45) is 2.22. The van der Waals surface area contributed by atoms with Crippen LogP contribution in [0.3, 0.4) is 0 Å². The molecule has 182 valence electrons. The highest BCUT2D eigenvalue weighted by atomic mass is 32.1. The second-order valence-electron chi connectivity index (χ2n) is 7.58. The first-order valence-electron chi connectivity index (χ1n) is 11.3. The molecule has 0 saturated heterocycles. The number of hydrogen-bond acceptors (Lipinski definition) is 8. The summed E-state index contributed by atoms with van der Waals surface area (Å²) in [5.74, 6) is 1.36. The van der Waals surface area contributed by atoms with Crippen molar-refractivity contribution < 1.29 is 19.0 Å². The molecule has 3 rings (SSSR count). The van der Waals surface area contributed by atoms with Gasteiger partial charge in [-0.05, 0) is 68.2 Å². The maximum absolute atomic E-state index is 12.5. The van der Waals surface area contributed by atoms with Crippen molar-refractivity contribution in [3.05, 3.63) is 63.7 Å². The van der Waals surface area contributed by atoms with Gasteiger partial charge in [-0.15, -0.1) is 10.2 Å². The van der Waals surface area contributed by atoms with Crippen molar-refractivity contribution in [1.29, 1.82) is 5.26 Å². The van der Waals surface area contributed by atoms with Crippen molar-refractivity contribution in [2.24, 2.45) is 0 Å². The van der Waals surface area contributed by atoms with Gasteiger partial charge in [0.15, 0.2) is 11.5 Å². The van der Waals surface area contributed by atoms with E-state index >= 15 is 0 Å². The van der Waals surface area contributed by atoms with E-state index in [1.807, 2.05) is 52.0 Å². The smallest absolute Gasteiger partial charge is 0.268 e. The molecule has 0 unspecified atom stereocenters. The largest absolute Gasteiger partial charge is 0.490 e. The van der Waals surface area contributed by atoms with Crippen molar-refractivity contribution in [2.45, 2.75) is 34.1 Å². The predicted molar refractivity (Wildman–Crippen MR) is 136 cm³/mol. The standard InChI is InChI=1S/C26H28N4O4S/c1-5-24-29-30-26(35-24)28-25(31)20(16-27)14-19-9-10-21(23(15-19)32-6-2)33-11-12-34-22-13-17(3)7-8-18(22)4/h7-10,13-15H,5-6,11-12H2,1-4H3,(H,28,30,31)/b20-14-. The second kappa shape index (κ2) is 12.5. The highest BCUT2D eigenvalue weighted by Gasteiger charge is 2.14. The maximum atomic E-state index is 12.5. The molecule has 0 atom stereocenters. The Morgan fingerprint density at radius 3 is 2.49 bits per heavy atom. The summed E-state index contributed by atoms with van der Waals surface area (Å²) in [4.78, 5) is 12.5. The number of nitriles is 1. The van der Waals surface area contributed by atoms with Gasteiger partial charge in [-0.1, -0.05) is 36.5 Å². The number of anilines is 1. The van der Waals surface area contributed by atoms with Crippen LogP contribution in [0, 0.1) is 25.2 Å². The zero-order valence-electron chi connectivity index (χ0n) is 20.3. The number of aryl methyl sites for hydroxylation is 3. The highest BCUT2D eigenvalue weighted by Crippen LogP contribution is 2.30. The Balaban J connectivity index is 1.66. The summed E-state index contributed by atoms with van der Waals surface area (Å²) in [5, 5.41) is 21.2. The number of ether oxygens (including phenoxy) is 3. The number of carbonyl (C=O) groups is 1. The van der Waals surface area contributed by atoms with Gasteiger partial charge in [0.2, 0.25) is 5.13 Å². The fourth-order valence-electron chi connectivity index (χ4n) is 3.09. The quantitative estimate of drug-likeness (QED) is 0.225. The summed E-state index contributed by atoms with van der Waals surface area (Å²) in [7, 11) is 0. The molecule has 35 heavy (non-hydrogen) atoms. The minimum Gasteiger partial charge on any atom is -0.490 e. The molecule has 0 spiro atoms. The predicted octanol–water partition coefficient (Wildman–Crippen LogP) is 5.12. The van der Waals surface area contributed by atoms with Crippen LogP contribution in [0.15, 0.2) is 42.0 Å². The lowest BCUT2D eigenvalue weighted by atomic mass is 10.1. The number of hydrogen-bond donors (Lipinski definition) is 1. The number of amides is 1. The summed E-state index contributed by atoms with van der Waals surface area (Å²) in [5.41, 5.74) is 2.77. The summed E-state index contributed by atoms with van der Waals surface area (Å²) in [6, 6.07) is 13.2. The Morgan fingerprint density at radius 2 is 1.80 bits per heavy atom. The highest BCUT2D eigenvalue weighted by molar-refractivity contribution is 7.15. The fourth-order valence-corrected chi connectivity index (χ4v) is 3.77. The Hall–Kier alpha value is -3.90. The molecule has 0 fully saturated rings.